The summed E-state index contributed by atoms with van der Waals surface area (Å²) in [6.07, 6.45) is -7.64. The lowest BCUT2D eigenvalue weighted by Gasteiger charge is -2.36. The molecule has 0 spiro atoms. The van der Waals surface area contributed by atoms with Crippen molar-refractivity contribution >= 4 is 0 Å². The van der Waals surface area contributed by atoms with Crippen LogP contribution in [0.25, 0.3) is 0 Å². The fourth-order valence-electron chi connectivity index (χ4n) is 2.62. The van der Waals surface area contributed by atoms with Crippen LogP contribution in [0.3, 0.4) is 0 Å². The molecule has 1 aliphatic rings. The minimum Gasteiger partial charge on any atom is -0.390 e. The van der Waals surface area contributed by atoms with Crippen molar-refractivity contribution in [2.75, 3.05) is 39.8 Å². The molecule has 0 aliphatic carbocycles. The number of alkyl halides is 3. The average Bonchev–Trinajstić information content (AvgIpc) is 2.24. The molecular weight excluding hydrogens is 289 g/mol. The number of hydrogen-bond donors (Lipinski definition) is 2. The van der Waals surface area contributed by atoms with Gasteiger partial charge in [-0.15, -0.1) is 0 Å². The zero-order valence-corrected chi connectivity index (χ0v) is 12.7. The molecule has 0 saturated carbocycles. The van der Waals surface area contributed by atoms with E-state index in [1.165, 1.54) is 11.9 Å². The van der Waals surface area contributed by atoms with Gasteiger partial charge >= 0.3 is 6.18 Å². The van der Waals surface area contributed by atoms with Crippen LogP contribution >= 0.6 is 0 Å². The van der Waals surface area contributed by atoms with Crippen molar-refractivity contribution < 1.29 is 28.1 Å². The Morgan fingerprint density at radius 2 is 1.71 bits per heavy atom. The van der Waals surface area contributed by atoms with Gasteiger partial charge in [0.1, 0.15) is 0 Å². The molecule has 0 bridgehead atoms. The summed E-state index contributed by atoms with van der Waals surface area (Å²) in [5, 5.41) is 19.0. The van der Waals surface area contributed by atoms with Gasteiger partial charge in [-0.2, -0.15) is 13.2 Å². The van der Waals surface area contributed by atoms with E-state index in [0.29, 0.717) is 19.6 Å². The maximum absolute atomic E-state index is 12.2. The summed E-state index contributed by atoms with van der Waals surface area (Å²) in [7, 11) is 1.45. The van der Waals surface area contributed by atoms with Crippen LogP contribution in [0.15, 0.2) is 0 Å². The third-order valence-corrected chi connectivity index (χ3v) is 3.35. The SMILES string of the molecule is CC1CN(CC(O)CN(C)CC(O)C(F)(F)F)CC(C)O1. The number of aliphatic hydroxyl groups is 2. The molecule has 0 aromatic heterocycles. The third kappa shape index (κ3) is 6.92. The Labute approximate surface area is 123 Å². The normalized spacial score (nSPS) is 27.9. The Morgan fingerprint density at radius 1 is 1.19 bits per heavy atom. The molecule has 0 radical (unpaired) electrons. The Balaban J connectivity index is 2.34. The summed E-state index contributed by atoms with van der Waals surface area (Å²) in [6.45, 7) is 5.18. The summed E-state index contributed by atoms with van der Waals surface area (Å²) in [4.78, 5) is 3.33. The first kappa shape index (κ1) is 18.6. The number of likely N-dealkylation sites (N-methyl/N-ethyl adjacent to an activating group) is 1. The van der Waals surface area contributed by atoms with Crippen molar-refractivity contribution in [3.8, 4) is 0 Å². The van der Waals surface area contributed by atoms with Gasteiger partial charge in [0.2, 0.25) is 0 Å². The van der Waals surface area contributed by atoms with Crippen molar-refractivity contribution in [2.45, 2.75) is 44.4 Å². The van der Waals surface area contributed by atoms with E-state index >= 15 is 0 Å². The summed E-state index contributed by atoms with van der Waals surface area (Å²) in [5.41, 5.74) is 0. The standard InChI is InChI=1S/C13H25F3N2O3/c1-9-4-18(5-10(2)21-9)7-11(19)6-17(3)8-12(20)13(14,15)16/h9-12,19-20H,4-8H2,1-3H3. The number of hydrogen-bond acceptors (Lipinski definition) is 5. The highest BCUT2D eigenvalue weighted by atomic mass is 19.4. The Bertz CT molecular complexity index is 308. The Hall–Kier alpha value is -0.410. The van der Waals surface area contributed by atoms with Crippen molar-refractivity contribution in [3.05, 3.63) is 0 Å². The van der Waals surface area contributed by atoms with Gasteiger partial charge < -0.3 is 19.8 Å². The summed E-state index contributed by atoms with van der Waals surface area (Å²) >= 11 is 0. The molecular formula is C13H25F3N2O3. The molecule has 1 rings (SSSR count). The Kier molecular flexibility index (Phi) is 6.86. The molecule has 8 heteroatoms. The van der Waals surface area contributed by atoms with Gasteiger partial charge in [0.25, 0.3) is 0 Å². The van der Waals surface area contributed by atoms with Gasteiger partial charge in [0.15, 0.2) is 6.10 Å². The van der Waals surface area contributed by atoms with Gasteiger partial charge in [-0.3, -0.25) is 4.90 Å². The second-order valence-corrected chi connectivity index (χ2v) is 5.91. The second kappa shape index (κ2) is 7.73. The quantitative estimate of drug-likeness (QED) is 0.739. The number of halogens is 3. The predicted octanol–water partition coefficient (Wildman–Crippen LogP) is 0.312. The van der Waals surface area contributed by atoms with Crippen LogP contribution in [0.1, 0.15) is 13.8 Å². The van der Waals surface area contributed by atoms with Crippen molar-refractivity contribution in [2.24, 2.45) is 0 Å². The molecule has 1 fully saturated rings. The number of ether oxygens (including phenoxy) is 1. The summed E-state index contributed by atoms with van der Waals surface area (Å²) in [6, 6.07) is 0. The molecule has 0 amide bonds. The number of nitrogens with zero attached hydrogens (tertiary/aromatic N) is 2. The van der Waals surface area contributed by atoms with E-state index in [9.17, 15) is 18.3 Å². The smallest absolute Gasteiger partial charge is 0.390 e. The monoisotopic (exact) mass is 314 g/mol. The van der Waals surface area contributed by atoms with Crippen molar-refractivity contribution in [1.29, 1.82) is 0 Å². The van der Waals surface area contributed by atoms with E-state index in [2.05, 4.69) is 0 Å². The minimum atomic E-state index is -4.63. The van der Waals surface area contributed by atoms with Gasteiger partial charge in [-0.1, -0.05) is 0 Å². The van der Waals surface area contributed by atoms with Gasteiger partial charge in [0, 0.05) is 32.7 Å². The molecule has 126 valence electrons. The van der Waals surface area contributed by atoms with Crippen molar-refractivity contribution in [3.63, 3.8) is 0 Å². The van der Waals surface area contributed by atoms with Crippen LogP contribution in [-0.4, -0.2) is 90.4 Å². The van der Waals surface area contributed by atoms with Crippen LogP contribution < -0.4 is 0 Å². The van der Waals surface area contributed by atoms with Gasteiger partial charge in [-0.25, -0.2) is 0 Å². The van der Waals surface area contributed by atoms with E-state index in [1.54, 1.807) is 0 Å². The van der Waals surface area contributed by atoms with Crippen LogP contribution in [0, 0.1) is 0 Å². The molecule has 5 nitrogen and oxygen atoms in total. The summed E-state index contributed by atoms with van der Waals surface area (Å²) in [5.74, 6) is 0. The van der Waals surface area contributed by atoms with Crippen LogP contribution in [0.2, 0.25) is 0 Å². The molecule has 2 N–H and O–H groups in total. The molecule has 1 heterocycles. The Morgan fingerprint density at radius 3 is 2.19 bits per heavy atom. The van der Waals surface area contributed by atoms with Crippen LogP contribution in [0.4, 0.5) is 13.2 Å². The maximum Gasteiger partial charge on any atom is 0.415 e. The number of β-amino-alcohol motifs (C(OH)–C–C–N with tert-alkyl or cyclic N) is 1. The van der Waals surface area contributed by atoms with E-state index < -0.39 is 24.9 Å². The zero-order valence-electron chi connectivity index (χ0n) is 12.7. The first-order valence-electron chi connectivity index (χ1n) is 7.07. The number of morpholine rings is 1. The number of aliphatic hydroxyl groups excluding tert-OH is 2. The van der Waals surface area contributed by atoms with E-state index in [4.69, 9.17) is 9.84 Å². The first-order chi connectivity index (χ1) is 9.57. The lowest BCUT2D eigenvalue weighted by atomic mass is 10.2. The lowest BCUT2D eigenvalue weighted by molar-refractivity contribution is -0.208. The van der Waals surface area contributed by atoms with Crippen LogP contribution in [-0.2, 0) is 4.74 Å². The fraction of sp³-hybridized carbons (Fsp3) is 1.00. The van der Waals surface area contributed by atoms with E-state index in [-0.39, 0.29) is 18.8 Å². The highest BCUT2D eigenvalue weighted by molar-refractivity contribution is 4.77. The zero-order chi connectivity index (χ0) is 16.2. The highest BCUT2D eigenvalue weighted by Gasteiger charge is 2.38. The molecule has 21 heavy (non-hydrogen) atoms. The number of rotatable bonds is 6. The molecule has 0 aromatic carbocycles. The molecule has 0 aromatic rings. The highest BCUT2D eigenvalue weighted by Crippen LogP contribution is 2.20. The van der Waals surface area contributed by atoms with Gasteiger partial charge in [-0.05, 0) is 20.9 Å². The van der Waals surface area contributed by atoms with E-state index in [1.807, 2.05) is 18.7 Å². The molecule has 4 unspecified atom stereocenters. The summed E-state index contributed by atoms with van der Waals surface area (Å²) < 4.78 is 42.3. The molecule has 4 atom stereocenters. The van der Waals surface area contributed by atoms with Crippen molar-refractivity contribution in [1.82, 2.24) is 9.80 Å². The predicted molar refractivity (Wildman–Crippen MR) is 72.0 cm³/mol. The molecule has 1 aliphatic heterocycles. The molecule has 1 saturated heterocycles. The minimum absolute atomic E-state index is 0.0748. The largest absolute Gasteiger partial charge is 0.415 e. The maximum atomic E-state index is 12.2. The lowest BCUT2D eigenvalue weighted by Crippen LogP contribution is -2.50. The van der Waals surface area contributed by atoms with E-state index in [0.717, 1.165) is 0 Å². The second-order valence-electron chi connectivity index (χ2n) is 5.91. The average molecular weight is 314 g/mol. The first-order valence-corrected chi connectivity index (χ1v) is 7.07. The topological polar surface area (TPSA) is 56.2 Å². The fourth-order valence-corrected chi connectivity index (χ4v) is 2.62. The van der Waals surface area contributed by atoms with Crippen LogP contribution in [0.5, 0.6) is 0 Å². The third-order valence-electron chi connectivity index (χ3n) is 3.35. The van der Waals surface area contributed by atoms with Gasteiger partial charge in [0.05, 0.1) is 18.3 Å².